The molecule has 1 spiro atoms. The number of nitriles is 1. The van der Waals surface area contributed by atoms with Crippen molar-refractivity contribution in [2.75, 3.05) is 39.9 Å². The molecule has 5 nitrogen and oxygen atoms in total. The van der Waals surface area contributed by atoms with Gasteiger partial charge in [0.2, 0.25) is 0 Å². The van der Waals surface area contributed by atoms with Crippen molar-refractivity contribution in [2.45, 2.75) is 31.2 Å². The topological polar surface area (TPSA) is 56.6 Å². The molecule has 138 valence electrons. The van der Waals surface area contributed by atoms with Gasteiger partial charge in [-0.1, -0.05) is 6.07 Å². The molecule has 3 fully saturated rings. The van der Waals surface area contributed by atoms with E-state index in [0.29, 0.717) is 17.0 Å². The predicted molar refractivity (Wildman–Crippen MR) is 98.7 cm³/mol. The molecule has 1 aromatic carbocycles. The Morgan fingerprint density at radius 1 is 1.27 bits per heavy atom. The normalized spacial score (nSPS) is 24.9. The maximum atomic E-state index is 12.7. The molecule has 1 aromatic rings. The smallest absolute Gasteiger partial charge is 0.254 e. The fraction of sp³-hybridized carbons (Fsp3) is 0.619. The lowest BCUT2D eigenvalue weighted by Crippen LogP contribution is -2.72. The van der Waals surface area contributed by atoms with Gasteiger partial charge in [0.1, 0.15) is 0 Å². The Kier molecular flexibility index (Phi) is 4.73. The van der Waals surface area contributed by atoms with Crippen LogP contribution in [0.2, 0.25) is 0 Å². The van der Waals surface area contributed by atoms with Crippen molar-refractivity contribution < 1.29 is 9.53 Å². The third kappa shape index (κ3) is 3.49. The van der Waals surface area contributed by atoms with Crippen molar-refractivity contribution in [3.05, 3.63) is 35.4 Å². The number of likely N-dealkylation sites (N-methyl/N-ethyl adjacent to an activating group) is 1. The first kappa shape index (κ1) is 17.5. The first-order valence-electron chi connectivity index (χ1n) is 9.68. The lowest BCUT2D eigenvalue weighted by molar-refractivity contribution is -0.0761. The maximum absolute atomic E-state index is 12.7. The number of carbonyl (C=O) groups is 1. The molecule has 0 N–H and O–H groups in total. The number of piperidine rings is 1. The van der Waals surface area contributed by atoms with E-state index in [-0.39, 0.29) is 11.4 Å². The van der Waals surface area contributed by atoms with Crippen LogP contribution in [0.1, 0.15) is 41.6 Å². The molecule has 1 amide bonds. The van der Waals surface area contributed by atoms with E-state index in [4.69, 9.17) is 10.00 Å². The Balaban J connectivity index is 1.34. The second-order valence-corrected chi connectivity index (χ2v) is 8.34. The van der Waals surface area contributed by atoms with Crippen LogP contribution < -0.4 is 0 Å². The summed E-state index contributed by atoms with van der Waals surface area (Å²) in [7, 11) is 2.18. The summed E-state index contributed by atoms with van der Waals surface area (Å²) < 4.78 is 5.93. The first-order chi connectivity index (χ1) is 12.6. The Morgan fingerprint density at radius 2 is 2.04 bits per heavy atom. The quantitative estimate of drug-likeness (QED) is 0.816. The molecule has 1 saturated carbocycles. The zero-order chi connectivity index (χ0) is 18.1. The van der Waals surface area contributed by atoms with Crippen molar-refractivity contribution in [3.8, 4) is 6.07 Å². The van der Waals surface area contributed by atoms with Crippen LogP contribution in [0.25, 0.3) is 0 Å². The van der Waals surface area contributed by atoms with Crippen LogP contribution in [-0.4, -0.2) is 61.1 Å². The Hall–Kier alpha value is -1.90. The highest BCUT2D eigenvalue weighted by Gasteiger charge is 2.51. The van der Waals surface area contributed by atoms with Gasteiger partial charge in [-0.2, -0.15) is 5.26 Å². The van der Waals surface area contributed by atoms with Gasteiger partial charge in [-0.05, 0) is 69.3 Å². The molecule has 0 bridgehead atoms. The summed E-state index contributed by atoms with van der Waals surface area (Å²) >= 11 is 0. The van der Waals surface area contributed by atoms with E-state index in [1.54, 1.807) is 24.3 Å². The van der Waals surface area contributed by atoms with E-state index in [9.17, 15) is 4.79 Å². The Labute approximate surface area is 155 Å². The molecule has 3 aliphatic rings. The number of rotatable bonds is 5. The SMILES string of the molecule is CN1CC[C@H](COCC2CC2)CC12CN(C(=O)c1cccc(C#N)c1)C2. The van der Waals surface area contributed by atoms with Crippen molar-refractivity contribution in [1.82, 2.24) is 9.80 Å². The molecular formula is C21H27N3O2. The van der Waals surface area contributed by atoms with Gasteiger partial charge in [-0.15, -0.1) is 0 Å². The summed E-state index contributed by atoms with van der Waals surface area (Å²) in [5, 5.41) is 9.03. The van der Waals surface area contributed by atoms with Gasteiger partial charge in [-0.25, -0.2) is 0 Å². The zero-order valence-electron chi connectivity index (χ0n) is 15.5. The summed E-state index contributed by atoms with van der Waals surface area (Å²) in [6, 6.07) is 9.10. The molecule has 2 saturated heterocycles. The van der Waals surface area contributed by atoms with Crippen LogP contribution in [0.15, 0.2) is 24.3 Å². The molecular weight excluding hydrogens is 326 g/mol. The minimum absolute atomic E-state index is 0.0354. The van der Waals surface area contributed by atoms with E-state index in [1.807, 2.05) is 4.90 Å². The maximum Gasteiger partial charge on any atom is 0.254 e. The van der Waals surface area contributed by atoms with Gasteiger partial charge in [0.05, 0.1) is 17.2 Å². The van der Waals surface area contributed by atoms with Gasteiger partial charge in [0, 0.05) is 31.9 Å². The van der Waals surface area contributed by atoms with Crippen molar-refractivity contribution >= 4 is 5.91 Å². The second kappa shape index (κ2) is 7.02. The highest BCUT2D eigenvalue weighted by molar-refractivity contribution is 5.95. The Bertz CT molecular complexity index is 716. The summed E-state index contributed by atoms with van der Waals surface area (Å²) in [5.41, 5.74) is 1.25. The number of amides is 1. The van der Waals surface area contributed by atoms with Crippen LogP contribution >= 0.6 is 0 Å². The number of likely N-dealkylation sites (tertiary alicyclic amines) is 2. The van der Waals surface area contributed by atoms with Crippen LogP contribution in [0.3, 0.4) is 0 Å². The molecule has 2 heterocycles. The number of carbonyl (C=O) groups excluding carboxylic acids is 1. The molecule has 4 rings (SSSR count). The zero-order valence-corrected chi connectivity index (χ0v) is 15.5. The highest BCUT2D eigenvalue weighted by Crippen LogP contribution is 2.39. The second-order valence-electron chi connectivity index (χ2n) is 8.34. The molecule has 0 unspecified atom stereocenters. The van der Waals surface area contributed by atoms with Gasteiger partial charge in [0.15, 0.2) is 0 Å². The molecule has 1 atom stereocenters. The average molecular weight is 353 g/mol. The standard InChI is InChI=1S/C21H27N3O2/c1-23-8-7-18(13-26-12-16-5-6-16)10-21(23)14-24(15-21)20(25)19-4-2-3-17(9-19)11-22/h2-4,9,16,18H,5-8,10,12-15H2,1H3/t18-/m0/s1. The van der Waals surface area contributed by atoms with Gasteiger partial charge < -0.3 is 9.64 Å². The monoisotopic (exact) mass is 353 g/mol. The molecule has 0 radical (unpaired) electrons. The minimum atomic E-state index is 0.0354. The number of nitrogens with zero attached hydrogens (tertiary/aromatic N) is 3. The molecule has 2 aliphatic heterocycles. The van der Waals surface area contributed by atoms with E-state index < -0.39 is 0 Å². The number of hydrogen-bond donors (Lipinski definition) is 0. The van der Waals surface area contributed by atoms with Crippen molar-refractivity contribution in [3.63, 3.8) is 0 Å². The van der Waals surface area contributed by atoms with E-state index in [1.165, 1.54) is 19.3 Å². The van der Waals surface area contributed by atoms with E-state index >= 15 is 0 Å². The Morgan fingerprint density at radius 3 is 2.77 bits per heavy atom. The fourth-order valence-corrected chi connectivity index (χ4v) is 4.32. The van der Waals surface area contributed by atoms with Gasteiger partial charge >= 0.3 is 0 Å². The van der Waals surface area contributed by atoms with E-state index in [2.05, 4.69) is 18.0 Å². The summed E-state index contributed by atoms with van der Waals surface area (Å²) in [5.74, 6) is 1.45. The summed E-state index contributed by atoms with van der Waals surface area (Å²) in [6.45, 7) is 4.42. The van der Waals surface area contributed by atoms with Gasteiger partial charge in [0.25, 0.3) is 5.91 Å². The lowest BCUT2D eigenvalue weighted by atomic mass is 9.75. The third-order valence-corrected chi connectivity index (χ3v) is 6.25. The summed E-state index contributed by atoms with van der Waals surface area (Å²) in [6.07, 6.45) is 4.96. The molecule has 26 heavy (non-hydrogen) atoms. The number of benzene rings is 1. The fourth-order valence-electron chi connectivity index (χ4n) is 4.32. The van der Waals surface area contributed by atoms with E-state index in [0.717, 1.165) is 45.2 Å². The predicted octanol–water partition coefficient (Wildman–Crippen LogP) is 2.52. The van der Waals surface area contributed by atoms with Crippen molar-refractivity contribution in [2.24, 2.45) is 11.8 Å². The van der Waals surface area contributed by atoms with Gasteiger partial charge in [-0.3, -0.25) is 9.69 Å². The van der Waals surface area contributed by atoms with Crippen molar-refractivity contribution in [1.29, 1.82) is 5.26 Å². The molecule has 0 aromatic heterocycles. The highest BCUT2D eigenvalue weighted by atomic mass is 16.5. The molecule has 1 aliphatic carbocycles. The van der Waals surface area contributed by atoms with Crippen LogP contribution in [0.5, 0.6) is 0 Å². The largest absolute Gasteiger partial charge is 0.381 e. The van der Waals surface area contributed by atoms with Crippen LogP contribution in [-0.2, 0) is 4.74 Å². The van der Waals surface area contributed by atoms with Crippen LogP contribution in [0.4, 0.5) is 0 Å². The number of hydrogen-bond acceptors (Lipinski definition) is 4. The molecule has 5 heteroatoms. The minimum Gasteiger partial charge on any atom is -0.381 e. The summed E-state index contributed by atoms with van der Waals surface area (Å²) in [4.78, 5) is 17.1. The van der Waals surface area contributed by atoms with Crippen LogP contribution in [0, 0.1) is 23.2 Å². The lowest BCUT2D eigenvalue weighted by Gasteiger charge is -2.58. The number of ether oxygens (including phenoxy) is 1. The average Bonchev–Trinajstić information content (AvgIpc) is 3.45. The first-order valence-corrected chi connectivity index (χ1v) is 9.68. The third-order valence-electron chi connectivity index (χ3n) is 6.25.